The van der Waals surface area contributed by atoms with Gasteiger partial charge in [0.05, 0.1) is 16.9 Å². The number of carbonyl (C=O) groups is 2. The second-order valence-electron chi connectivity index (χ2n) is 11.5. The van der Waals surface area contributed by atoms with Crippen LogP contribution in [0.15, 0.2) is 66.7 Å². The molecular weight excluding hydrogens is 516 g/mol. The zero-order chi connectivity index (χ0) is 28.8. The van der Waals surface area contributed by atoms with E-state index >= 15 is 0 Å². The summed E-state index contributed by atoms with van der Waals surface area (Å²) in [6, 6.07) is 20.2. The third-order valence-electron chi connectivity index (χ3n) is 7.01. The van der Waals surface area contributed by atoms with Crippen LogP contribution in [0.5, 0.6) is 0 Å². The van der Waals surface area contributed by atoms with E-state index in [1.54, 1.807) is 24.3 Å². The number of nitrogens with zero attached hydrogens (tertiary/aromatic N) is 4. The van der Waals surface area contributed by atoms with Crippen LogP contribution in [0.1, 0.15) is 47.1 Å². The lowest BCUT2D eigenvalue weighted by Gasteiger charge is -2.56. The molecule has 2 heterocycles. The largest absolute Gasteiger partial charge is 0.464 e. The molecule has 0 aliphatic carbocycles. The fraction of sp³-hybridized carbons (Fsp3) is 0.300. The first-order valence-electron chi connectivity index (χ1n) is 12.4. The van der Waals surface area contributed by atoms with Gasteiger partial charge in [-0.2, -0.15) is 0 Å². The highest BCUT2D eigenvalue weighted by atomic mass is 35.5. The molecule has 0 radical (unpaired) electrons. The number of pyridine rings is 1. The van der Waals surface area contributed by atoms with Gasteiger partial charge in [0.25, 0.3) is 0 Å². The van der Waals surface area contributed by atoms with Crippen LogP contribution >= 0.6 is 11.6 Å². The van der Waals surface area contributed by atoms with Crippen LogP contribution in [0.2, 0.25) is 5.15 Å². The van der Waals surface area contributed by atoms with Crippen LogP contribution in [0.25, 0.3) is 33.7 Å². The van der Waals surface area contributed by atoms with Crippen molar-refractivity contribution in [2.75, 3.05) is 0 Å². The van der Waals surface area contributed by atoms with Crippen LogP contribution in [0, 0.1) is 10.8 Å². The number of hydrogen-bond donors (Lipinski definition) is 2. The number of benzene rings is 2. The Morgan fingerprint density at radius 2 is 1.21 bits per heavy atom. The van der Waals surface area contributed by atoms with Gasteiger partial charge in [-0.25, -0.2) is 29.4 Å². The summed E-state index contributed by atoms with van der Waals surface area (Å²) in [5.74, 6) is 0. The van der Waals surface area contributed by atoms with Crippen LogP contribution in [0.3, 0.4) is 0 Å². The van der Waals surface area contributed by atoms with Gasteiger partial charge in [0, 0.05) is 11.1 Å². The molecule has 0 spiro atoms. The van der Waals surface area contributed by atoms with Crippen molar-refractivity contribution in [2.45, 2.75) is 47.1 Å². The molecule has 2 amide bonds. The molecule has 9 heteroatoms. The summed E-state index contributed by atoms with van der Waals surface area (Å²) in [5.41, 5.74) is 1.31. The normalized spacial score (nSPS) is 12.4. The Bertz CT molecular complexity index is 1510. The monoisotopic (exact) mass is 546 g/mol. The molecule has 8 nitrogen and oxygen atoms in total. The fourth-order valence-corrected chi connectivity index (χ4v) is 6.09. The first kappa shape index (κ1) is 28.0. The standard InChI is InChI=1S/C30H31ClN4O4/c1-28(2,3)30(29(4,5)6,35(26(36)37)27(38)39)20-14-12-19(13-15-20)23-24(18-10-8-7-9-11-18)34-25-21(32-23)16-17-22(31)33-25/h7-17H,1-6H3,(H,36,37)(H,38,39). The van der Waals surface area contributed by atoms with Crippen molar-refractivity contribution in [2.24, 2.45) is 10.8 Å². The smallest absolute Gasteiger partial charge is 0.417 e. The Hall–Kier alpha value is -4.04. The molecule has 0 bridgehead atoms. The lowest BCUT2D eigenvalue weighted by Crippen LogP contribution is -2.64. The molecule has 0 fully saturated rings. The molecule has 4 rings (SSSR count). The van der Waals surface area contributed by atoms with Crippen LogP contribution < -0.4 is 0 Å². The van der Waals surface area contributed by atoms with Gasteiger partial charge in [0.1, 0.15) is 10.7 Å². The predicted molar refractivity (Wildman–Crippen MR) is 152 cm³/mol. The Kier molecular flexibility index (Phi) is 7.12. The maximum absolute atomic E-state index is 12.4. The van der Waals surface area contributed by atoms with E-state index in [2.05, 4.69) is 4.98 Å². The lowest BCUT2D eigenvalue weighted by atomic mass is 9.56. The van der Waals surface area contributed by atoms with Gasteiger partial charge in [-0.3, -0.25) is 0 Å². The highest BCUT2D eigenvalue weighted by Crippen LogP contribution is 2.55. The van der Waals surface area contributed by atoms with E-state index < -0.39 is 28.6 Å². The van der Waals surface area contributed by atoms with Gasteiger partial charge < -0.3 is 10.2 Å². The first-order chi connectivity index (χ1) is 18.2. The molecule has 4 aromatic rings. The van der Waals surface area contributed by atoms with Gasteiger partial charge in [0.15, 0.2) is 5.65 Å². The Morgan fingerprint density at radius 1 is 0.692 bits per heavy atom. The molecule has 39 heavy (non-hydrogen) atoms. The van der Waals surface area contributed by atoms with E-state index in [4.69, 9.17) is 21.6 Å². The van der Waals surface area contributed by atoms with Gasteiger partial charge >= 0.3 is 12.2 Å². The SMILES string of the molecule is CC(C)(C)C(c1ccc(-c2nc3ccc(Cl)nc3nc2-c2ccccc2)cc1)(N(C(=O)O)C(=O)O)C(C)(C)C. The molecule has 0 saturated heterocycles. The predicted octanol–water partition coefficient (Wildman–Crippen LogP) is 7.96. The van der Waals surface area contributed by atoms with Crippen molar-refractivity contribution >= 4 is 35.0 Å². The third kappa shape index (κ3) is 4.81. The third-order valence-corrected chi connectivity index (χ3v) is 7.22. The van der Waals surface area contributed by atoms with E-state index in [1.807, 2.05) is 84.0 Å². The fourth-order valence-electron chi connectivity index (χ4n) is 5.95. The highest BCUT2D eigenvalue weighted by molar-refractivity contribution is 6.29. The zero-order valence-corrected chi connectivity index (χ0v) is 23.5. The van der Waals surface area contributed by atoms with E-state index in [-0.39, 0.29) is 0 Å². The summed E-state index contributed by atoms with van der Waals surface area (Å²) in [5, 5.41) is 20.5. The molecule has 0 saturated carbocycles. The Labute approximate surface area is 232 Å². The molecule has 2 aromatic carbocycles. The summed E-state index contributed by atoms with van der Waals surface area (Å²) >= 11 is 6.11. The number of rotatable bonds is 4. The minimum atomic E-state index is -1.53. The number of fused-ring (bicyclic) bond motifs is 1. The summed E-state index contributed by atoms with van der Waals surface area (Å²) < 4.78 is 0. The van der Waals surface area contributed by atoms with Gasteiger partial charge in [-0.15, -0.1) is 0 Å². The van der Waals surface area contributed by atoms with Crippen molar-refractivity contribution in [3.63, 3.8) is 0 Å². The van der Waals surface area contributed by atoms with Crippen molar-refractivity contribution in [1.29, 1.82) is 0 Å². The van der Waals surface area contributed by atoms with Crippen molar-refractivity contribution < 1.29 is 19.8 Å². The number of carboxylic acid groups (broad SMARTS) is 2. The average Bonchev–Trinajstić information content (AvgIpc) is 2.85. The second kappa shape index (κ2) is 9.93. The van der Waals surface area contributed by atoms with Gasteiger partial charge in [-0.1, -0.05) is 108 Å². The van der Waals surface area contributed by atoms with Gasteiger partial charge in [-0.05, 0) is 28.5 Å². The van der Waals surface area contributed by atoms with E-state index in [0.717, 1.165) is 11.1 Å². The number of imide groups is 1. The quantitative estimate of drug-likeness (QED) is 0.249. The minimum Gasteiger partial charge on any atom is -0.464 e. The molecule has 2 N–H and O–H groups in total. The van der Waals surface area contributed by atoms with E-state index in [0.29, 0.717) is 38.2 Å². The maximum atomic E-state index is 12.4. The zero-order valence-electron chi connectivity index (χ0n) is 22.7. The van der Waals surface area contributed by atoms with Crippen molar-refractivity contribution in [3.8, 4) is 22.5 Å². The molecular formula is C30H31ClN4O4. The highest BCUT2D eigenvalue weighted by Gasteiger charge is 2.60. The van der Waals surface area contributed by atoms with E-state index in [9.17, 15) is 19.8 Å². The van der Waals surface area contributed by atoms with Gasteiger partial charge in [0.2, 0.25) is 0 Å². The minimum absolute atomic E-state index is 0.315. The molecule has 0 aliphatic rings. The first-order valence-corrected chi connectivity index (χ1v) is 12.8. The maximum Gasteiger partial charge on any atom is 0.417 e. The number of hydrogen-bond acceptors (Lipinski definition) is 5. The van der Waals surface area contributed by atoms with Crippen LogP contribution in [-0.4, -0.2) is 42.3 Å². The molecule has 202 valence electrons. The Morgan fingerprint density at radius 3 is 1.72 bits per heavy atom. The second-order valence-corrected chi connectivity index (χ2v) is 11.8. The summed E-state index contributed by atoms with van der Waals surface area (Å²) in [6.07, 6.45) is -3.07. The van der Waals surface area contributed by atoms with Crippen molar-refractivity contribution in [3.05, 3.63) is 77.4 Å². The summed E-state index contributed by atoms with van der Waals surface area (Å²) in [4.78, 5) is 39.3. The molecule has 0 atom stereocenters. The molecule has 0 unspecified atom stereocenters. The molecule has 0 aliphatic heterocycles. The number of amides is 2. The van der Waals surface area contributed by atoms with Crippen molar-refractivity contribution in [1.82, 2.24) is 19.9 Å². The van der Waals surface area contributed by atoms with Crippen LogP contribution in [-0.2, 0) is 5.54 Å². The Balaban J connectivity index is 1.98. The molecule has 2 aromatic heterocycles. The lowest BCUT2D eigenvalue weighted by molar-refractivity contribution is -0.0664. The number of halogens is 1. The summed E-state index contributed by atoms with van der Waals surface area (Å²) in [6.45, 7) is 11.1. The average molecular weight is 547 g/mol. The van der Waals surface area contributed by atoms with Crippen LogP contribution in [0.4, 0.5) is 9.59 Å². The number of aromatic nitrogens is 3. The van der Waals surface area contributed by atoms with E-state index in [1.165, 1.54) is 0 Å². The summed E-state index contributed by atoms with van der Waals surface area (Å²) in [7, 11) is 0. The topological polar surface area (TPSA) is 117 Å².